The van der Waals surface area contributed by atoms with E-state index in [1.54, 1.807) is 14.2 Å². The van der Waals surface area contributed by atoms with Gasteiger partial charge in [-0.25, -0.2) is 9.59 Å². The fourth-order valence-corrected chi connectivity index (χ4v) is 5.17. The molecule has 2 N–H and O–H groups in total. The molecule has 0 radical (unpaired) electrons. The zero-order valence-corrected chi connectivity index (χ0v) is 21.7. The van der Waals surface area contributed by atoms with E-state index in [9.17, 15) is 14.7 Å². The molecule has 2 aliphatic rings. The van der Waals surface area contributed by atoms with Gasteiger partial charge in [0.15, 0.2) is 0 Å². The van der Waals surface area contributed by atoms with Crippen LogP contribution < -0.4 is 14.8 Å². The summed E-state index contributed by atoms with van der Waals surface area (Å²) in [6.45, 7) is 1.00. The van der Waals surface area contributed by atoms with Crippen LogP contribution in [0.5, 0.6) is 11.5 Å². The number of likely N-dealkylation sites (tertiary alicyclic amines) is 1. The van der Waals surface area contributed by atoms with Crippen LogP contribution >= 0.6 is 0 Å². The molecule has 0 spiro atoms. The minimum atomic E-state index is -1.19. The van der Waals surface area contributed by atoms with Gasteiger partial charge in [-0.05, 0) is 66.6 Å². The smallest absolute Gasteiger partial charge is 0.409 e. The topological polar surface area (TPSA) is 107 Å². The summed E-state index contributed by atoms with van der Waals surface area (Å²) in [5, 5.41) is 13.4. The van der Waals surface area contributed by atoms with Gasteiger partial charge >= 0.3 is 12.1 Å². The maximum Gasteiger partial charge on any atom is 0.409 e. The lowest BCUT2D eigenvalue weighted by Crippen LogP contribution is -2.55. The summed E-state index contributed by atoms with van der Waals surface area (Å²) in [6, 6.07) is 11.6. The number of carboxylic acid groups (broad SMARTS) is 1. The number of hydrogen-bond donors (Lipinski definition) is 2. The number of nitrogens with zero attached hydrogens (tertiary/aromatic N) is 1. The van der Waals surface area contributed by atoms with Crippen LogP contribution in [0, 0.1) is 0 Å². The monoisotopic (exact) mass is 512 g/mol. The molecule has 0 bridgehead atoms. The number of nitrogens with one attached hydrogen (secondary N) is 1. The number of ether oxygens (including phenoxy) is 4. The zero-order valence-electron chi connectivity index (χ0n) is 21.7. The fraction of sp³-hybridized carbons (Fsp3) is 0.500. The molecule has 1 saturated carbocycles. The van der Waals surface area contributed by atoms with Crippen molar-refractivity contribution in [1.82, 2.24) is 4.90 Å². The maximum atomic E-state index is 12.4. The number of carbonyl (C=O) groups is 2. The number of piperidine rings is 1. The average molecular weight is 513 g/mol. The van der Waals surface area contributed by atoms with Crippen molar-refractivity contribution < 1.29 is 33.6 Å². The van der Waals surface area contributed by atoms with Crippen LogP contribution in [0.1, 0.15) is 44.1 Å². The van der Waals surface area contributed by atoms with Gasteiger partial charge in [0.05, 0.1) is 34.0 Å². The Hall–Kier alpha value is -3.46. The first-order valence-electron chi connectivity index (χ1n) is 12.7. The van der Waals surface area contributed by atoms with Gasteiger partial charge in [0.2, 0.25) is 0 Å². The number of anilines is 1. The second kappa shape index (κ2) is 11.7. The van der Waals surface area contributed by atoms with Crippen molar-refractivity contribution in [2.45, 2.75) is 56.8 Å². The summed E-state index contributed by atoms with van der Waals surface area (Å²) in [7, 11) is 4.56. The van der Waals surface area contributed by atoms with Crippen LogP contribution in [0.25, 0.3) is 11.1 Å². The number of aliphatic carboxylic acids is 1. The Labute approximate surface area is 217 Å². The van der Waals surface area contributed by atoms with E-state index in [0.717, 1.165) is 29.5 Å². The van der Waals surface area contributed by atoms with Gasteiger partial charge in [0, 0.05) is 24.8 Å². The molecule has 2 aromatic carbocycles. The molecule has 1 saturated heterocycles. The van der Waals surface area contributed by atoms with Crippen molar-refractivity contribution in [1.29, 1.82) is 0 Å². The summed E-state index contributed by atoms with van der Waals surface area (Å²) in [4.78, 5) is 25.8. The highest BCUT2D eigenvalue weighted by atomic mass is 16.5. The number of hydrogen-bond acceptors (Lipinski definition) is 7. The van der Waals surface area contributed by atoms with Crippen molar-refractivity contribution >= 4 is 17.7 Å². The molecule has 4 rings (SSSR count). The molecule has 0 atom stereocenters. The Morgan fingerprint density at radius 2 is 1.65 bits per heavy atom. The highest BCUT2D eigenvalue weighted by molar-refractivity contribution is 5.84. The second-order valence-electron chi connectivity index (χ2n) is 9.66. The van der Waals surface area contributed by atoms with Gasteiger partial charge in [-0.2, -0.15) is 0 Å². The Kier molecular flexibility index (Phi) is 8.43. The van der Waals surface area contributed by atoms with Crippen molar-refractivity contribution in [2.24, 2.45) is 0 Å². The van der Waals surface area contributed by atoms with E-state index < -0.39 is 17.6 Å². The Morgan fingerprint density at radius 1 is 1.00 bits per heavy atom. The maximum absolute atomic E-state index is 12.4. The van der Waals surface area contributed by atoms with Crippen molar-refractivity contribution in [3.63, 3.8) is 0 Å². The SMILES string of the molecule is COC(=O)N1CCC(Nc2ccc(-c3cc(OC)cc(OC)c3)c(COC3CCCC3)c2)(C(=O)O)CC1. The zero-order chi connectivity index (χ0) is 26.4. The summed E-state index contributed by atoms with van der Waals surface area (Å²) in [5.74, 6) is 0.421. The van der Waals surface area contributed by atoms with Crippen molar-refractivity contribution in [2.75, 3.05) is 39.7 Å². The summed E-state index contributed by atoms with van der Waals surface area (Å²) in [5.41, 5.74) is 2.34. The normalized spacial score (nSPS) is 17.3. The van der Waals surface area contributed by atoms with Gasteiger partial charge in [-0.1, -0.05) is 18.9 Å². The quantitative estimate of drug-likeness (QED) is 0.487. The van der Waals surface area contributed by atoms with Crippen molar-refractivity contribution in [3.8, 4) is 22.6 Å². The molecule has 9 heteroatoms. The molecular weight excluding hydrogens is 476 g/mol. The van der Waals surface area contributed by atoms with Crippen LogP contribution in [-0.4, -0.2) is 68.1 Å². The molecular formula is C28H36N2O7. The third-order valence-electron chi connectivity index (χ3n) is 7.39. The van der Waals surface area contributed by atoms with Gasteiger partial charge in [-0.3, -0.25) is 0 Å². The number of benzene rings is 2. The minimum Gasteiger partial charge on any atom is -0.497 e. The highest BCUT2D eigenvalue weighted by Gasteiger charge is 2.43. The van der Waals surface area contributed by atoms with Gasteiger partial charge in [0.25, 0.3) is 0 Å². The summed E-state index contributed by atoms with van der Waals surface area (Å²) in [6.07, 6.45) is 4.78. The van der Waals surface area contributed by atoms with E-state index in [-0.39, 0.29) is 18.9 Å². The number of rotatable bonds is 9. The number of amides is 1. The van der Waals surface area contributed by atoms with Gasteiger partial charge in [0.1, 0.15) is 17.0 Å². The van der Waals surface area contributed by atoms with Crippen LogP contribution in [0.15, 0.2) is 36.4 Å². The van der Waals surface area contributed by atoms with E-state index in [0.29, 0.717) is 36.9 Å². The lowest BCUT2D eigenvalue weighted by molar-refractivity contribution is -0.144. The first kappa shape index (κ1) is 26.6. The molecule has 1 aliphatic carbocycles. The highest BCUT2D eigenvalue weighted by Crippen LogP contribution is 2.36. The Morgan fingerprint density at radius 3 is 2.22 bits per heavy atom. The van der Waals surface area contributed by atoms with Crippen LogP contribution in [0.4, 0.5) is 10.5 Å². The molecule has 9 nitrogen and oxygen atoms in total. The van der Waals surface area contributed by atoms with Crippen LogP contribution in [0.3, 0.4) is 0 Å². The number of carbonyl (C=O) groups excluding carboxylic acids is 1. The molecule has 37 heavy (non-hydrogen) atoms. The number of carboxylic acids is 1. The van der Waals surface area contributed by atoms with Crippen molar-refractivity contribution in [3.05, 3.63) is 42.0 Å². The van der Waals surface area contributed by atoms with Gasteiger partial charge < -0.3 is 34.3 Å². The predicted molar refractivity (Wildman–Crippen MR) is 139 cm³/mol. The third kappa shape index (κ3) is 6.10. The van der Waals surface area contributed by atoms with E-state index in [2.05, 4.69) is 5.32 Å². The molecule has 0 unspecified atom stereocenters. The first-order chi connectivity index (χ1) is 17.9. The number of methoxy groups -OCH3 is 3. The fourth-order valence-electron chi connectivity index (χ4n) is 5.17. The minimum absolute atomic E-state index is 0.234. The molecule has 2 fully saturated rings. The molecule has 200 valence electrons. The van der Waals surface area contributed by atoms with E-state index in [1.807, 2.05) is 36.4 Å². The lowest BCUT2D eigenvalue weighted by atomic mass is 9.87. The average Bonchev–Trinajstić information content (AvgIpc) is 3.45. The lowest BCUT2D eigenvalue weighted by Gasteiger charge is -2.39. The standard InChI is InChI=1S/C28H36N2O7/c1-34-23-15-19(16-24(17-23)35-2)25-9-8-21(14-20(25)18-37-22-6-4-5-7-22)29-28(26(31)32)10-12-30(13-11-28)27(33)36-3/h8-9,14-17,22,29H,4-7,10-13,18H2,1-3H3,(H,31,32). The summed E-state index contributed by atoms with van der Waals surface area (Å²) >= 11 is 0. The molecule has 2 aromatic rings. The molecule has 1 heterocycles. The Bertz CT molecular complexity index is 1080. The first-order valence-corrected chi connectivity index (χ1v) is 12.7. The van der Waals surface area contributed by atoms with Crippen LogP contribution in [-0.2, 0) is 20.9 Å². The van der Waals surface area contributed by atoms with E-state index in [4.69, 9.17) is 18.9 Å². The van der Waals surface area contributed by atoms with Gasteiger partial charge in [-0.15, -0.1) is 0 Å². The van der Waals surface area contributed by atoms with Crippen LogP contribution in [0.2, 0.25) is 0 Å². The van der Waals surface area contributed by atoms with E-state index >= 15 is 0 Å². The molecule has 1 amide bonds. The molecule has 0 aromatic heterocycles. The summed E-state index contributed by atoms with van der Waals surface area (Å²) < 4.78 is 22.0. The second-order valence-corrected chi connectivity index (χ2v) is 9.66. The third-order valence-corrected chi connectivity index (χ3v) is 7.39. The Balaban J connectivity index is 1.64. The molecule has 1 aliphatic heterocycles. The van der Waals surface area contributed by atoms with E-state index in [1.165, 1.54) is 24.9 Å². The largest absolute Gasteiger partial charge is 0.497 e. The predicted octanol–water partition coefficient (Wildman–Crippen LogP) is 4.93.